The Labute approximate surface area is 95.5 Å². The van der Waals surface area contributed by atoms with Gasteiger partial charge in [0.25, 0.3) is 0 Å². The van der Waals surface area contributed by atoms with Crippen LogP contribution in [0.5, 0.6) is 0 Å². The Morgan fingerprint density at radius 1 is 1.50 bits per heavy atom. The van der Waals surface area contributed by atoms with Gasteiger partial charge in [-0.3, -0.25) is 9.78 Å². The lowest BCUT2D eigenvalue weighted by Gasteiger charge is -2.18. The Hall–Kier alpha value is -1.38. The summed E-state index contributed by atoms with van der Waals surface area (Å²) in [4.78, 5) is 15.3. The van der Waals surface area contributed by atoms with Crippen molar-refractivity contribution >= 4 is 5.97 Å². The molecule has 1 unspecified atom stereocenters. The van der Waals surface area contributed by atoms with Gasteiger partial charge in [0.05, 0.1) is 5.92 Å². The van der Waals surface area contributed by atoms with E-state index in [1.54, 1.807) is 12.4 Å². The molecular weight excluding hydrogens is 202 g/mol. The molecule has 1 aliphatic rings. The molecule has 1 aromatic heterocycles. The van der Waals surface area contributed by atoms with E-state index in [0.717, 1.165) is 18.4 Å². The zero-order valence-corrected chi connectivity index (χ0v) is 9.30. The van der Waals surface area contributed by atoms with Crippen LogP contribution >= 0.6 is 0 Å². The summed E-state index contributed by atoms with van der Waals surface area (Å²) in [6, 6.07) is 3.82. The number of nitrogens with zero attached hydrogens (tertiary/aromatic N) is 1. The van der Waals surface area contributed by atoms with Crippen molar-refractivity contribution < 1.29 is 9.90 Å². The number of rotatable bonds is 4. The average molecular weight is 219 g/mol. The van der Waals surface area contributed by atoms with Gasteiger partial charge in [-0.25, -0.2) is 0 Å². The largest absolute Gasteiger partial charge is 0.481 e. The number of carboxylic acids is 1. The lowest BCUT2D eigenvalue weighted by atomic mass is 9.86. The molecule has 0 aromatic carbocycles. The third-order valence-electron chi connectivity index (χ3n) is 3.46. The second-order valence-corrected chi connectivity index (χ2v) is 4.55. The van der Waals surface area contributed by atoms with Crippen LogP contribution < -0.4 is 0 Å². The molecule has 1 fully saturated rings. The first-order chi connectivity index (χ1) is 7.77. The first-order valence-electron chi connectivity index (χ1n) is 5.89. The first kappa shape index (κ1) is 11.1. The number of hydrogen-bond acceptors (Lipinski definition) is 2. The highest BCUT2D eigenvalue weighted by atomic mass is 16.4. The van der Waals surface area contributed by atoms with Gasteiger partial charge in [-0.15, -0.1) is 0 Å². The van der Waals surface area contributed by atoms with Crippen molar-refractivity contribution in [2.24, 2.45) is 11.8 Å². The fraction of sp³-hybridized carbons (Fsp3) is 0.538. The van der Waals surface area contributed by atoms with Gasteiger partial charge in [0.15, 0.2) is 0 Å². The quantitative estimate of drug-likeness (QED) is 0.846. The lowest BCUT2D eigenvalue weighted by Crippen LogP contribution is -2.24. The summed E-state index contributed by atoms with van der Waals surface area (Å²) in [5.41, 5.74) is 1.03. The summed E-state index contributed by atoms with van der Waals surface area (Å²) in [5, 5.41) is 9.27. The molecule has 0 bridgehead atoms. The molecule has 0 saturated heterocycles. The molecule has 1 saturated carbocycles. The van der Waals surface area contributed by atoms with Crippen LogP contribution in [0.1, 0.15) is 31.2 Å². The summed E-state index contributed by atoms with van der Waals surface area (Å²) in [7, 11) is 0. The van der Waals surface area contributed by atoms with Gasteiger partial charge in [-0.05, 0) is 36.8 Å². The van der Waals surface area contributed by atoms with Crippen molar-refractivity contribution in [3.63, 3.8) is 0 Å². The van der Waals surface area contributed by atoms with Crippen molar-refractivity contribution in [1.29, 1.82) is 0 Å². The van der Waals surface area contributed by atoms with E-state index in [2.05, 4.69) is 4.98 Å². The minimum absolute atomic E-state index is 0.230. The Bertz CT molecular complexity index is 344. The van der Waals surface area contributed by atoms with Crippen LogP contribution in [0, 0.1) is 11.8 Å². The highest BCUT2D eigenvalue weighted by molar-refractivity contribution is 5.70. The van der Waals surface area contributed by atoms with Crippen LogP contribution in [0.25, 0.3) is 0 Å². The van der Waals surface area contributed by atoms with Crippen molar-refractivity contribution in [2.45, 2.75) is 32.1 Å². The SMILES string of the molecule is O=C(O)C(Cc1cccnc1)C1CCCC1. The van der Waals surface area contributed by atoms with E-state index in [1.807, 2.05) is 12.1 Å². The van der Waals surface area contributed by atoms with E-state index < -0.39 is 5.97 Å². The van der Waals surface area contributed by atoms with E-state index in [4.69, 9.17) is 0 Å². The monoisotopic (exact) mass is 219 g/mol. The molecule has 1 heterocycles. The van der Waals surface area contributed by atoms with Crippen LogP contribution in [0.4, 0.5) is 0 Å². The van der Waals surface area contributed by atoms with Crippen LogP contribution in [0.3, 0.4) is 0 Å². The van der Waals surface area contributed by atoms with E-state index in [1.165, 1.54) is 12.8 Å². The van der Waals surface area contributed by atoms with Gasteiger partial charge in [-0.1, -0.05) is 18.9 Å². The number of pyridine rings is 1. The van der Waals surface area contributed by atoms with Gasteiger partial charge in [-0.2, -0.15) is 0 Å². The highest BCUT2D eigenvalue weighted by Gasteiger charge is 2.30. The maximum atomic E-state index is 11.3. The Balaban J connectivity index is 2.05. The predicted molar refractivity (Wildman–Crippen MR) is 61.0 cm³/mol. The molecule has 2 rings (SSSR count). The lowest BCUT2D eigenvalue weighted by molar-refractivity contribution is -0.143. The third kappa shape index (κ3) is 2.60. The maximum Gasteiger partial charge on any atom is 0.307 e. The van der Waals surface area contributed by atoms with E-state index >= 15 is 0 Å². The number of hydrogen-bond donors (Lipinski definition) is 1. The summed E-state index contributed by atoms with van der Waals surface area (Å²) < 4.78 is 0. The van der Waals surface area contributed by atoms with Crippen LogP contribution in [-0.4, -0.2) is 16.1 Å². The minimum atomic E-state index is -0.657. The summed E-state index contributed by atoms with van der Waals surface area (Å²) in [6.45, 7) is 0. The van der Waals surface area contributed by atoms with Crippen LogP contribution in [0.2, 0.25) is 0 Å². The molecular formula is C13H17NO2. The van der Waals surface area contributed by atoms with Crippen molar-refractivity contribution in [3.8, 4) is 0 Å². The number of aliphatic carboxylic acids is 1. The van der Waals surface area contributed by atoms with E-state index in [0.29, 0.717) is 12.3 Å². The van der Waals surface area contributed by atoms with Gasteiger partial charge in [0.1, 0.15) is 0 Å². The molecule has 3 heteroatoms. The molecule has 3 nitrogen and oxygen atoms in total. The van der Waals surface area contributed by atoms with Crippen molar-refractivity contribution in [1.82, 2.24) is 4.98 Å². The summed E-state index contributed by atoms with van der Waals surface area (Å²) in [6.07, 6.45) is 8.60. The maximum absolute atomic E-state index is 11.3. The molecule has 1 N–H and O–H groups in total. The zero-order chi connectivity index (χ0) is 11.4. The van der Waals surface area contributed by atoms with E-state index in [9.17, 15) is 9.90 Å². The molecule has 16 heavy (non-hydrogen) atoms. The molecule has 0 radical (unpaired) electrons. The molecule has 0 spiro atoms. The normalized spacial score (nSPS) is 18.5. The summed E-state index contributed by atoms with van der Waals surface area (Å²) in [5.74, 6) is -0.528. The van der Waals surface area contributed by atoms with E-state index in [-0.39, 0.29) is 5.92 Å². The average Bonchev–Trinajstić information content (AvgIpc) is 2.80. The molecule has 0 aliphatic heterocycles. The minimum Gasteiger partial charge on any atom is -0.481 e. The second-order valence-electron chi connectivity index (χ2n) is 4.55. The number of aromatic nitrogens is 1. The number of carboxylic acid groups (broad SMARTS) is 1. The molecule has 1 aliphatic carbocycles. The first-order valence-corrected chi connectivity index (χ1v) is 5.89. The van der Waals surface area contributed by atoms with Gasteiger partial charge < -0.3 is 5.11 Å². The second kappa shape index (κ2) is 5.10. The molecule has 1 aromatic rings. The molecule has 1 atom stereocenters. The highest BCUT2D eigenvalue weighted by Crippen LogP contribution is 2.33. The molecule has 86 valence electrons. The zero-order valence-electron chi connectivity index (χ0n) is 9.30. The van der Waals surface area contributed by atoms with Gasteiger partial charge >= 0.3 is 5.97 Å². The predicted octanol–water partition coefficient (Wildman–Crippen LogP) is 2.52. The van der Waals surface area contributed by atoms with Crippen molar-refractivity contribution in [2.75, 3.05) is 0 Å². The van der Waals surface area contributed by atoms with Gasteiger partial charge in [0, 0.05) is 12.4 Å². The Morgan fingerprint density at radius 2 is 2.25 bits per heavy atom. The Morgan fingerprint density at radius 3 is 2.81 bits per heavy atom. The smallest absolute Gasteiger partial charge is 0.307 e. The third-order valence-corrected chi connectivity index (χ3v) is 3.46. The van der Waals surface area contributed by atoms with Crippen LogP contribution in [-0.2, 0) is 11.2 Å². The number of carbonyl (C=O) groups is 1. The van der Waals surface area contributed by atoms with Gasteiger partial charge in [0.2, 0.25) is 0 Å². The van der Waals surface area contributed by atoms with Crippen molar-refractivity contribution in [3.05, 3.63) is 30.1 Å². The standard InChI is InChI=1S/C13H17NO2/c15-13(16)12(11-5-1-2-6-11)8-10-4-3-7-14-9-10/h3-4,7,9,11-12H,1-2,5-6,8H2,(H,15,16). The molecule has 0 amide bonds. The Kier molecular flexibility index (Phi) is 3.54. The summed E-state index contributed by atoms with van der Waals surface area (Å²) >= 11 is 0. The fourth-order valence-corrected chi connectivity index (χ4v) is 2.59. The van der Waals surface area contributed by atoms with Crippen LogP contribution in [0.15, 0.2) is 24.5 Å². The topological polar surface area (TPSA) is 50.2 Å². The fourth-order valence-electron chi connectivity index (χ4n) is 2.59.